The molecule has 0 aromatic rings. The van der Waals surface area contributed by atoms with E-state index in [2.05, 4.69) is 38.0 Å². The zero-order chi connectivity index (χ0) is 16.1. The maximum Gasteiger partial charge on any atom is 0.0699 e. The molecule has 22 heavy (non-hydrogen) atoms. The largest absolute Gasteiger partial charge is 0.388 e. The Kier molecular flexibility index (Phi) is 3.89. The van der Waals surface area contributed by atoms with Crippen molar-refractivity contribution in [1.29, 1.82) is 0 Å². The van der Waals surface area contributed by atoms with Crippen molar-refractivity contribution in [3.05, 3.63) is 12.3 Å². The molecule has 2 unspecified atom stereocenters. The van der Waals surface area contributed by atoms with Crippen LogP contribution in [-0.4, -0.2) is 32.3 Å². The lowest BCUT2D eigenvalue weighted by Gasteiger charge is -2.69. The standard InChI is InChI=1S/C19H34N2O/c1-15(2)21-14-18-9-16(3)8-17(4,10-18)12-19(11-16,13-18)22-7-6-20-5/h20-21H,1,6-14H2,2-5H3. The molecule has 0 spiro atoms. The number of hydrogen-bond acceptors (Lipinski definition) is 3. The number of likely N-dealkylation sites (N-methyl/N-ethyl adjacent to an activating group) is 1. The van der Waals surface area contributed by atoms with Gasteiger partial charge in [-0.25, -0.2) is 0 Å². The van der Waals surface area contributed by atoms with Crippen LogP contribution < -0.4 is 10.6 Å². The van der Waals surface area contributed by atoms with E-state index in [9.17, 15) is 0 Å². The molecule has 2 N–H and O–H groups in total. The molecule has 2 atom stereocenters. The van der Waals surface area contributed by atoms with Crippen LogP contribution in [0.5, 0.6) is 0 Å². The molecule has 4 saturated carbocycles. The fourth-order valence-electron chi connectivity index (χ4n) is 6.88. The van der Waals surface area contributed by atoms with Gasteiger partial charge in [-0.05, 0) is 68.7 Å². The molecule has 0 amide bonds. The Morgan fingerprint density at radius 1 is 1.05 bits per heavy atom. The predicted octanol–water partition coefficient (Wildman–Crippen LogP) is 3.46. The highest BCUT2D eigenvalue weighted by Crippen LogP contribution is 2.71. The fourth-order valence-corrected chi connectivity index (χ4v) is 6.88. The number of allylic oxidation sites excluding steroid dienone is 1. The topological polar surface area (TPSA) is 33.3 Å². The van der Waals surface area contributed by atoms with Crippen LogP contribution >= 0.6 is 0 Å². The predicted molar refractivity (Wildman–Crippen MR) is 91.8 cm³/mol. The third-order valence-corrected chi connectivity index (χ3v) is 6.18. The van der Waals surface area contributed by atoms with Gasteiger partial charge in [0.15, 0.2) is 0 Å². The second kappa shape index (κ2) is 5.24. The summed E-state index contributed by atoms with van der Waals surface area (Å²) < 4.78 is 6.53. The lowest BCUT2D eigenvalue weighted by molar-refractivity contribution is -0.242. The van der Waals surface area contributed by atoms with Crippen LogP contribution in [0.1, 0.15) is 59.3 Å². The van der Waals surface area contributed by atoms with Gasteiger partial charge < -0.3 is 15.4 Å². The van der Waals surface area contributed by atoms with Crippen molar-refractivity contribution < 1.29 is 4.74 Å². The quantitative estimate of drug-likeness (QED) is 0.707. The average molecular weight is 306 g/mol. The summed E-state index contributed by atoms with van der Waals surface area (Å²) in [7, 11) is 2.00. The summed E-state index contributed by atoms with van der Waals surface area (Å²) in [4.78, 5) is 0. The first kappa shape index (κ1) is 16.3. The van der Waals surface area contributed by atoms with Gasteiger partial charge in [-0.1, -0.05) is 20.4 Å². The van der Waals surface area contributed by atoms with Crippen LogP contribution in [0.15, 0.2) is 12.3 Å². The smallest absolute Gasteiger partial charge is 0.0699 e. The zero-order valence-electron chi connectivity index (χ0n) is 15.0. The van der Waals surface area contributed by atoms with Gasteiger partial charge in [0.1, 0.15) is 0 Å². The molecule has 3 heteroatoms. The van der Waals surface area contributed by atoms with E-state index in [1.165, 1.54) is 38.5 Å². The molecule has 4 rings (SSSR count). The molecule has 4 bridgehead atoms. The van der Waals surface area contributed by atoms with Crippen LogP contribution in [0, 0.1) is 16.2 Å². The third kappa shape index (κ3) is 2.94. The number of hydrogen-bond donors (Lipinski definition) is 2. The first-order chi connectivity index (χ1) is 10.2. The van der Waals surface area contributed by atoms with E-state index in [1.807, 2.05) is 7.05 Å². The van der Waals surface area contributed by atoms with Crippen molar-refractivity contribution >= 4 is 0 Å². The highest BCUT2D eigenvalue weighted by Gasteiger charge is 2.65. The third-order valence-electron chi connectivity index (χ3n) is 6.18. The molecule has 4 aliphatic carbocycles. The van der Waals surface area contributed by atoms with Gasteiger partial charge in [0.2, 0.25) is 0 Å². The van der Waals surface area contributed by atoms with Gasteiger partial charge in [0.25, 0.3) is 0 Å². The second-order valence-electron chi connectivity index (χ2n) is 9.45. The van der Waals surface area contributed by atoms with Crippen molar-refractivity contribution in [1.82, 2.24) is 10.6 Å². The van der Waals surface area contributed by atoms with Crippen molar-refractivity contribution in [3.8, 4) is 0 Å². The van der Waals surface area contributed by atoms with Crippen molar-refractivity contribution in [2.45, 2.75) is 64.9 Å². The van der Waals surface area contributed by atoms with Crippen LogP contribution in [0.4, 0.5) is 0 Å². The van der Waals surface area contributed by atoms with Crippen LogP contribution in [0.3, 0.4) is 0 Å². The lowest BCUT2D eigenvalue weighted by atomic mass is 9.39. The Labute approximate surface area is 136 Å². The highest BCUT2D eigenvalue weighted by molar-refractivity contribution is 5.17. The fraction of sp³-hybridized carbons (Fsp3) is 0.895. The SMILES string of the molecule is C=C(C)NCC12CC3(C)CC(C)(C1)CC(OCCNC)(C3)C2. The van der Waals surface area contributed by atoms with Crippen molar-refractivity contribution in [2.24, 2.45) is 16.2 Å². The minimum absolute atomic E-state index is 0.117. The van der Waals surface area contributed by atoms with E-state index in [0.717, 1.165) is 25.4 Å². The summed E-state index contributed by atoms with van der Waals surface area (Å²) in [5, 5.41) is 6.78. The summed E-state index contributed by atoms with van der Waals surface area (Å²) in [5.74, 6) is 0. The van der Waals surface area contributed by atoms with E-state index in [1.54, 1.807) is 0 Å². The normalized spacial score (nSPS) is 46.0. The molecule has 4 fully saturated rings. The molecule has 0 aliphatic heterocycles. The molecule has 0 radical (unpaired) electrons. The number of ether oxygens (including phenoxy) is 1. The molecular weight excluding hydrogens is 272 g/mol. The summed E-state index contributed by atoms with van der Waals surface area (Å²) in [6.45, 7) is 14.0. The number of rotatable bonds is 7. The van der Waals surface area contributed by atoms with Gasteiger partial charge in [0, 0.05) is 18.8 Å². The van der Waals surface area contributed by atoms with E-state index in [4.69, 9.17) is 4.74 Å². The molecule has 0 saturated heterocycles. The van der Waals surface area contributed by atoms with Gasteiger partial charge in [-0.2, -0.15) is 0 Å². The van der Waals surface area contributed by atoms with E-state index in [0.29, 0.717) is 16.2 Å². The van der Waals surface area contributed by atoms with Crippen LogP contribution in [-0.2, 0) is 4.74 Å². The van der Waals surface area contributed by atoms with Crippen molar-refractivity contribution in [3.63, 3.8) is 0 Å². The van der Waals surface area contributed by atoms with Gasteiger partial charge in [0.05, 0.1) is 12.2 Å². The molecule has 0 heterocycles. The zero-order valence-corrected chi connectivity index (χ0v) is 15.0. The summed E-state index contributed by atoms with van der Waals surface area (Å²) >= 11 is 0. The molecule has 126 valence electrons. The Bertz CT molecular complexity index is 440. The lowest BCUT2D eigenvalue weighted by Crippen LogP contribution is -2.65. The van der Waals surface area contributed by atoms with Crippen LogP contribution in [0.25, 0.3) is 0 Å². The highest BCUT2D eigenvalue weighted by atomic mass is 16.5. The minimum atomic E-state index is 0.117. The Morgan fingerprint density at radius 2 is 1.68 bits per heavy atom. The van der Waals surface area contributed by atoms with Crippen LogP contribution in [0.2, 0.25) is 0 Å². The molecular formula is C19H34N2O. The van der Waals surface area contributed by atoms with Gasteiger partial charge >= 0.3 is 0 Å². The maximum atomic E-state index is 6.53. The Morgan fingerprint density at radius 3 is 2.23 bits per heavy atom. The van der Waals surface area contributed by atoms with Crippen molar-refractivity contribution in [2.75, 3.05) is 26.7 Å². The second-order valence-corrected chi connectivity index (χ2v) is 9.45. The maximum absolute atomic E-state index is 6.53. The molecule has 0 aromatic heterocycles. The van der Waals surface area contributed by atoms with E-state index < -0.39 is 0 Å². The summed E-state index contributed by atoms with van der Waals surface area (Å²) in [5.41, 5.74) is 2.53. The average Bonchev–Trinajstić information content (AvgIpc) is 2.32. The first-order valence-electron chi connectivity index (χ1n) is 8.90. The Hall–Kier alpha value is -0.540. The van der Waals surface area contributed by atoms with E-state index in [-0.39, 0.29) is 5.60 Å². The minimum Gasteiger partial charge on any atom is -0.388 e. The molecule has 3 nitrogen and oxygen atoms in total. The Balaban J connectivity index is 1.83. The molecule has 4 aliphatic rings. The molecule has 0 aromatic carbocycles. The first-order valence-corrected chi connectivity index (χ1v) is 8.90. The van der Waals surface area contributed by atoms with Gasteiger partial charge in [-0.15, -0.1) is 0 Å². The number of nitrogens with one attached hydrogen (secondary N) is 2. The summed E-state index contributed by atoms with van der Waals surface area (Å²) in [6.07, 6.45) is 7.84. The van der Waals surface area contributed by atoms with E-state index >= 15 is 0 Å². The summed E-state index contributed by atoms with van der Waals surface area (Å²) in [6, 6.07) is 0. The van der Waals surface area contributed by atoms with Gasteiger partial charge in [-0.3, -0.25) is 0 Å². The monoisotopic (exact) mass is 306 g/mol.